The summed E-state index contributed by atoms with van der Waals surface area (Å²) in [6, 6.07) is 3.64. The minimum atomic E-state index is -2.57. The topological polar surface area (TPSA) is 36.3 Å². The van der Waals surface area contributed by atoms with Crippen LogP contribution >= 0.6 is 23.4 Å². The third-order valence-electron chi connectivity index (χ3n) is 3.20. The highest BCUT2D eigenvalue weighted by Gasteiger charge is 2.17. The lowest BCUT2D eigenvalue weighted by atomic mass is 10.1. The molecule has 1 aliphatic rings. The van der Waals surface area contributed by atoms with E-state index in [1.807, 2.05) is 12.1 Å². The molecule has 8 heteroatoms. The molecule has 4 nitrogen and oxygen atoms in total. The third kappa shape index (κ3) is 3.37. The van der Waals surface area contributed by atoms with Crippen molar-refractivity contribution in [1.29, 1.82) is 0 Å². The van der Waals surface area contributed by atoms with Crippen LogP contribution in [0.4, 0.5) is 8.78 Å². The van der Waals surface area contributed by atoms with Crippen molar-refractivity contribution in [3.8, 4) is 5.75 Å². The molecule has 1 aliphatic heterocycles. The number of nitrogens with zero attached hydrogens (tertiary/aromatic N) is 2. The number of aromatic nitrogens is 2. The van der Waals surface area contributed by atoms with Gasteiger partial charge < -0.3 is 9.47 Å². The molecule has 2 heterocycles. The highest BCUT2D eigenvalue weighted by Crippen LogP contribution is 2.34. The van der Waals surface area contributed by atoms with Crippen molar-refractivity contribution in [2.45, 2.75) is 24.7 Å². The lowest BCUT2D eigenvalue weighted by Gasteiger charge is -2.21. The fourth-order valence-corrected chi connectivity index (χ4v) is 3.46. The van der Waals surface area contributed by atoms with Crippen LogP contribution in [0.15, 0.2) is 24.5 Å². The largest absolute Gasteiger partial charge is 0.467 e. The molecule has 0 amide bonds. The van der Waals surface area contributed by atoms with Crippen LogP contribution in [-0.4, -0.2) is 16.3 Å². The van der Waals surface area contributed by atoms with Crippen molar-refractivity contribution in [3.63, 3.8) is 0 Å². The van der Waals surface area contributed by atoms with E-state index in [2.05, 4.69) is 4.98 Å². The minimum absolute atomic E-state index is 0.210. The quantitative estimate of drug-likeness (QED) is 0.811. The number of halogens is 3. The fraction of sp³-hybridized carbons (Fsp3) is 0.357. The predicted molar refractivity (Wildman–Crippen MR) is 80.2 cm³/mol. The molecule has 0 N–H and O–H groups in total. The Balaban J connectivity index is 1.69. The molecule has 0 unspecified atom stereocenters. The standard InChI is InChI=1S/C14H13ClF2N2O2S/c15-11-3-9-5-20-8-21-13(9)10(4-11)6-22-7-12-18-1-2-19(12)14(16)17/h1-4,14H,5-8H2. The SMILES string of the molecule is FC(F)n1ccnc1CSCc1cc(Cl)cc2c1OCOC2. The normalized spacial score (nSPS) is 14.0. The third-order valence-corrected chi connectivity index (χ3v) is 4.40. The molecular formula is C14H13ClF2N2O2S. The summed E-state index contributed by atoms with van der Waals surface area (Å²) in [7, 11) is 0. The number of benzene rings is 1. The van der Waals surface area contributed by atoms with E-state index in [1.165, 1.54) is 24.2 Å². The van der Waals surface area contributed by atoms with E-state index in [-0.39, 0.29) is 6.79 Å². The summed E-state index contributed by atoms with van der Waals surface area (Å²) in [6.45, 7) is -1.90. The zero-order chi connectivity index (χ0) is 15.5. The van der Waals surface area contributed by atoms with Crippen molar-refractivity contribution < 1.29 is 18.3 Å². The molecule has 0 saturated carbocycles. The van der Waals surface area contributed by atoms with Gasteiger partial charge in [0.25, 0.3) is 0 Å². The van der Waals surface area contributed by atoms with Gasteiger partial charge in [-0.2, -0.15) is 8.78 Å². The minimum Gasteiger partial charge on any atom is -0.467 e. The summed E-state index contributed by atoms with van der Waals surface area (Å²) in [5.74, 6) is 2.11. The first-order valence-electron chi connectivity index (χ1n) is 6.54. The second-order valence-electron chi connectivity index (χ2n) is 4.69. The Labute approximate surface area is 135 Å². The molecule has 2 aromatic rings. The molecule has 1 aromatic heterocycles. The van der Waals surface area contributed by atoms with Crippen LogP contribution in [-0.2, 0) is 22.8 Å². The first-order valence-corrected chi connectivity index (χ1v) is 8.08. The maximum atomic E-state index is 12.8. The van der Waals surface area contributed by atoms with Crippen LogP contribution in [0.25, 0.3) is 0 Å². The average molecular weight is 347 g/mol. The molecule has 0 atom stereocenters. The number of imidazole rings is 1. The molecule has 22 heavy (non-hydrogen) atoms. The zero-order valence-corrected chi connectivity index (χ0v) is 13.0. The molecule has 0 fully saturated rings. The van der Waals surface area contributed by atoms with Crippen LogP contribution in [0.3, 0.4) is 0 Å². The van der Waals surface area contributed by atoms with Crippen molar-refractivity contribution in [3.05, 3.63) is 46.5 Å². The molecule has 0 radical (unpaired) electrons. The van der Waals surface area contributed by atoms with Gasteiger partial charge in [-0.15, -0.1) is 11.8 Å². The highest BCUT2D eigenvalue weighted by molar-refractivity contribution is 7.97. The summed E-state index contributed by atoms with van der Waals surface area (Å²) < 4.78 is 37.1. The van der Waals surface area contributed by atoms with E-state index in [4.69, 9.17) is 21.1 Å². The highest BCUT2D eigenvalue weighted by atomic mass is 35.5. The van der Waals surface area contributed by atoms with Crippen LogP contribution in [0.5, 0.6) is 5.75 Å². The number of ether oxygens (including phenoxy) is 2. The Bertz CT molecular complexity index is 666. The predicted octanol–water partition coefficient (Wildman–Crippen LogP) is 4.23. The summed E-state index contributed by atoms with van der Waals surface area (Å²) in [5.41, 5.74) is 1.84. The van der Waals surface area contributed by atoms with E-state index < -0.39 is 6.55 Å². The lowest BCUT2D eigenvalue weighted by Crippen LogP contribution is -2.13. The Morgan fingerprint density at radius 2 is 2.23 bits per heavy atom. The van der Waals surface area contributed by atoms with Gasteiger partial charge in [-0.25, -0.2) is 4.98 Å². The van der Waals surface area contributed by atoms with Crippen molar-refractivity contribution in [2.24, 2.45) is 0 Å². The van der Waals surface area contributed by atoms with Gasteiger partial charge in [0, 0.05) is 34.3 Å². The molecule has 1 aromatic carbocycles. The van der Waals surface area contributed by atoms with Crippen LogP contribution in [0, 0.1) is 0 Å². The van der Waals surface area contributed by atoms with Gasteiger partial charge in [-0.3, -0.25) is 4.57 Å². The number of rotatable bonds is 5. The van der Waals surface area contributed by atoms with Crippen LogP contribution in [0.2, 0.25) is 5.02 Å². The monoisotopic (exact) mass is 346 g/mol. The summed E-state index contributed by atoms with van der Waals surface area (Å²) >= 11 is 7.57. The van der Waals surface area contributed by atoms with Gasteiger partial charge in [0.15, 0.2) is 6.79 Å². The van der Waals surface area contributed by atoms with E-state index >= 15 is 0 Å². The van der Waals surface area contributed by atoms with Gasteiger partial charge in [0.05, 0.1) is 12.4 Å². The van der Waals surface area contributed by atoms with Gasteiger partial charge in [0.1, 0.15) is 11.6 Å². The van der Waals surface area contributed by atoms with Gasteiger partial charge in [0.2, 0.25) is 0 Å². The fourth-order valence-electron chi connectivity index (χ4n) is 2.25. The first-order chi connectivity index (χ1) is 10.6. The zero-order valence-electron chi connectivity index (χ0n) is 11.5. The van der Waals surface area contributed by atoms with Gasteiger partial charge in [-0.05, 0) is 12.1 Å². The maximum Gasteiger partial charge on any atom is 0.319 e. The number of fused-ring (bicyclic) bond motifs is 1. The van der Waals surface area contributed by atoms with E-state index in [0.717, 1.165) is 21.4 Å². The Kier molecular flexibility index (Phi) is 4.85. The molecule has 3 rings (SSSR count). The lowest BCUT2D eigenvalue weighted by molar-refractivity contribution is -0.0168. The first kappa shape index (κ1) is 15.6. The molecule has 0 spiro atoms. The summed E-state index contributed by atoms with van der Waals surface area (Å²) in [4.78, 5) is 3.96. The maximum absolute atomic E-state index is 12.8. The smallest absolute Gasteiger partial charge is 0.319 e. The molecule has 0 aliphatic carbocycles. The van der Waals surface area contributed by atoms with Crippen molar-refractivity contribution >= 4 is 23.4 Å². The Hall–Kier alpha value is -1.31. The van der Waals surface area contributed by atoms with Crippen LogP contribution < -0.4 is 4.74 Å². The van der Waals surface area contributed by atoms with Crippen molar-refractivity contribution in [1.82, 2.24) is 9.55 Å². The molecule has 0 bridgehead atoms. The molecule has 0 saturated heterocycles. The summed E-state index contributed by atoms with van der Waals surface area (Å²) in [6.07, 6.45) is 2.66. The van der Waals surface area contributed by atoms with Gasteiger partial charge in [-0.1, -0.05) is 11.6 Å². The Morgan fingerprint density at radius 1 is 1.36 bits per heavy atom. The van der Waals surface area contributed by atoms with Crippen molar-refractivity contribution in [2.75, 3.05) is 6.79 Å². The number of thioether (sulfide) groups is 1. The Morgan fingerprint density at radius 3 is 3.05 bits per heavy atom. The van der Waals surface area contributed by atoms with Gasteiger partial charge >= 0.3 is 6.55 Å². The second kappa shape index (κ2) is 6.85. The number of alkyl halides is 2. The van der Waals surface area contributed by atoms with E-state index in [1.54, 1.807) is 0 Å². The number of hydrogen-bond acceptors (Lipinski definition) is 4. The van der Waals surface area contributed by atoms with E-state index in [0.29, 0.717) is 29.0 Å². The number of hydrogen-bond donors (Lipinski definition) is 0. The summed E-state index contributed by atoms with van der Waals surface area (Å²) in [5, 5.41) is 0.609. The van der Waals surface area contributed by atoms with Crippen LogP contribution in [0.1, 0.15) is 23.5 Å². The molecular weight excluding hydrogens is 334 g/mol. The molecule has 118 valence electrons. The second-order valence-corrected chi connectivity index (χ2v) is 6.11. The average Bonchev–Trinajstić information content (AvgIpc) is 2.95. The van der Waals surface area contributed by atoms with E-state index in [9.17, 15) is 8.78 Å².